The van der Waals surface area contributed by atoms with Gasteiger partial charge in [-0.2, -0.15) is 0 Å². The molecule has 0 spiro atoms. The Balaban J connectivity index is 2.48. The first-order valence-corrected chi connectivity index (χ1v) is 5.52. The molecule has 1 atom stereocenters. The molecule has 0 heterocycles. The summed E-state index contributed by atoms with van der Waals surface area (Å²) in [6.07, 6.45) is 4.34. The Morgan fingerprint density at radius 2 is 2.07 bits per heavy atom. The van der Waals surface area contributed by atoms with Gasteiger partial charge in [0.25, 0.3) is 0 Å². The molecule has 0 saturated carbocycles. The second kappa shape index (κ2) is 6.44. The number of hydrogen-bond donors (Lipinski definition) is 0. The van der Waals surface area contributed by atoms with Gasteiger partial charge in [-0.25, -0.2) is 0 Å². The molecular weight excluding hydrogens is 192 g/mol. The van der Waals surface area contributed by atoms with Crippen LogP contribution in [0.3, 0.4) is 0 Å². The fourth-order valence-corrected chi connectivity index (χ4v) is 2.15. The Hall–Kier alpha value is -1.02. The van der Waals surface area contributed by atoms with E-state index in [0.29, 0.717) is 11.7 Å². The summed E-state index contributed by atoms with van der Waals surface area (Å²) in [5, 5.41) is 0.336. The second-order valence-corrected chi connectivity index (χ2v) is 4.26. The molecule has 1 unspecified atom stereocenters. The third-order valence-corrected chi connectivity index (χ3v) is 3.14. The molecule has 0 bridgehead atoms. The standard InChI is InChI=1S/C12H14OS/c1-2-11(9-6-10-13)14-12-7-4-3-5-8-12/h2-5,7-8,10-11H,1,6,9H2. The van der Waals surface area contributed by atoms with Crippen molar-refractivity contribution in [3.8, 4) is 0 Å². The minimum absolute atomic E-state index is 0.336. The minimum Gasteiger partial charge on any atom is -0.303 e. The molecule has 1 rings (SSSR count). The normalized spacial score (nSPS) is 12.0. The molecule has 74 valence electrons. The molecule has 1 nitrogen and oxygen atoms in total. The second-order valence-electron chi connectivity index (χ2n) is 2.95. The molecule has 0 aliphatic carbocycles. The molecular formula is C12H14OS. The van der Waals surface area contributed by atoms with E-state index in [4.69, 9.17) is 0 Å². The average molecular weight is 206 g/mol. The van der Waals surface area contributed by atoms with Crippen molar-refractivity contribution in [3.05, 3.63) is 43.0 Å². The van der Waals surface area contributed by atoms with Crippen LogP contribution < -0.4 is 0 Å². The quantitative estimate of drug-likeness (QED) is 0.403. The maximum Gasteiger partial charge on any atom is 0.120 e. The SMILES string of the molecule is C=CC(CCC=O)Sc1ccccc1. The van der Waals surface area contributed by atoms with E-state index in [1.54, 1.807) is 11.8 Å². The molecule has 1 aromatic carbocycles. The van der Waals surface area contributed by atoms with Crippen LogP contribution in [0.25, 0.3) is 0 Å². The van der Waals surface area contributed by atoms with Crippen molar-refractivity contribution in [1.29, 1.82) is 0 Å². The van der Waals surface area contributed by atoms with Gasteiger partial charge < -0.3 is 4.79 Å². The monoisotopic (exact) mass is 206 g/mol. The highest BCUT2D eigenvalue weighted by Crippen LogP contribution is 2.26. The summed E-state index contributed by atoms with van der Waals surface area (Å²) in [7, 11) is 0. The van der Waals surface area contributed by atoms with Crippen LogP contribution in [0.2, 0.25) is 0 Å². The molecule has 0 fully saturated rings. The summed E-state index contributed by atoms with van der Waals surface area (Å²) >= 11 is 1.75. The van der Waals surface area contributed by atoms with Crippen LogP contribution in [-0.4, -0.2) is 11.5 Å². The number of aldehydes is 1. The third-order valence-electron chi connectivity index (χ3n) is 1.86. The largest absolute Gasteiger partial charge is 0.303 e. The van der Waals surface area contributed by atoms with E-state index >= 15 is 0 Å². The van der Waals surface area contributed by atoms with Gasteiger partial charge in [0.15, 0.2) is 0 Å². The predicted octanol–water partition coefficient (Wildman–Crippen LogP) is 3.31. The van der Waals surface area contributed by atoms with E-state index in [0.717, 1.165) is 12.7 Å². The average Bonchev–Trinajstić information content (AvgIpc) is 2.25. The fourth-order valence-electron chi connectivity index (χ4n) is 1.13. The molecule has 14 heavy (non-hydrogen) atoms. The van der Waals surface area contributed by atoms with Crippen LogP contribution in [0.15, 0.2) is 47.9 Å². The molecule has 1 aromatic rings. The van der Waals surface area contributed by atoms with Crippen molar-refractivity contribution in [1.82, 2.24) is 0 Å². The predicted molar refractivity (Wildman–Crippen MR) is 61.6 cm³/mol. The van der Waals surface area contributed by atoms with Crippen LogP contribution >= 0.6 is 11.8 Å². The van der Waals surface area contributed by atoms with E-state index in [1.165, 1.54) is 4.90 Å². The number of thioether (sulfide) groups is 1. The maximum absolute atomic E-state index is 10.2. The molecule has 0 saturated heterocycles. The number of carbonyl (C=O) groups is 1. The highest BCUT2D eigenvalue weighted by atomic mass is 32.2. The molecule has 0 N–H and O–H groups in total. The van der Waals surface area contributed by atoms with Crippen molar-refractivity contribution in [2.45, 2.75) is 23.0 Å². The van der Waals surface area contributed by atoms with Crippen LogP contribution in [0, 0.1) is 0 Å². The molecule has 0 aliphatic heterocycles. The first-order valence-electron chi connectivity index (χ1n) is 4.64. The number of hydrogen-bond acceptors (Lipinski definition) is 2. The molecule has 2 heteroatoms. The van der Waals surface area contributed by atoms with Gasteiger partial charge in [-0.3, -0.25) is 0 Å². The van der Waals surface area contributed by atoms with Gasteiger partial charge in [-0.15, -0.1) is 18.3 Å². The maximum atomic E-state index is 10.2. The smallest absolute Gasteiger partial charge is 0.120 e. The summed E-state index contributed by atoms with van der Waals surface area (Å²) in [6.45, 7) is 3.77. The Bertz CT molecular complexity index is 282. The lowest BCUT2D eigenvalue weighted by molar-refractivity contribution is -0.107. The number of benzene rings is 1. The Kier molecular flexibility index (Phi) is 5.08. The van der Waals surface area contributed by atoms with Gasteiger partial charge >= 0.3 is 0 Å². The van der Waals surface area contributed by atoms with Gasteiger partial charge in [-0.05, 0) is 18.6 Å². The first kappa shape index (κ1) is 11.1. The first-order chi connectivity index (χ1) is 6.86. The lowest BCUT2D eigenvalue weighted by atomic mass is 10.2. The van der Waals surface area contributed by atoms with Crippen molar-refractivity contribution in [2.75, 3.05) is 0 Å². The summed E-state index contributed by atoms with van der Waals surface area (Å²) in [5.41, 5.74) is 0. The fraction of sp³-hybridized carbons (Fsp3) is 0.250. The topological polar surface area (TPSA) is 17.1 Å². The Labute approximate surface area is 89.2 Å². The zero-order chi connectivity index (χ0) is 10.2. The van der Waals surface area contributed by atoms with Gasteiger partial charge in [0, 0.05) is 16.6 Å². The number of carbonyl (C=O) groups excluding carboxylic acids is 1. The zero-order valence-electron chi connectivity index (χ0n) is 8.06. The molecule has 0 aromatic heterocycles. The Morgan fingerprint density at radius 1 is 1.36 bits per heavy atom. The van der Waals surface area contributed by atoms with Gasteiger partial charge in [0.05, 0.1) is 0 Å². The molecule has 0 radical (unpaired) electrons. The lowest BCUT2D eigenvalue weighted by Crippen LogP contribution is -1.97. The Morgan fingerprint density at radius 3 is 2.64 bits per heavy atom. The van der Waals surface area contributed by atoms with Gasteiger partial charge in [0.2, 0.25) is 0 Å². The highest BCUT2D eigenvalue weighted by Gasteiger charge is 2.04. The number of rotatable bonds is 6. The van der Waals surface area contributed by atoms with Crippen molar-refractivity contribution in [3.63, 3.8) is 0 Å². The van der Waals surface area contributed by atoms with Gasteiger partial charge in [0.1, 0.15) is 6.29 Å². The van der Waals surface area contributed by atoms with Crippen molar-refractivity contribution in [2.24, 2.45) is 0 Å². The van der Waals surface area contributed by atoms with E-state index in [-0.39, 0.29) is 0 Å². The zero-order valence-corrected chi connectivity index (χ0v) is 8.87. The molecule has 0 amide bonds. The van der Waals surface area contributed by atoms with E-state index < -0.39 is 0 Å². The van der Waals surface area contributed by atoms with Crippen LogP contribution in [0.5, 0.6) is 0 Å². The van der Waals surface area contributed by atoms with Crippen molar-refractivity contribution < 1.29 is 4.79 Å². The van der Waals surface area contributed by atoms with E-state index in [9.17, 15) is 4.79 Å². The van der Waals surface area contributed by atoms with Crippen LogP contribution in [0.1, 0.15) is 12.8 Å². The van der Waals surface area contributed by atoms with E-state index in [2.05, 4.69) is 18.7 Å². The highest BCUT2D eigenvalue weighted by molar-refractivity contribution is 8.00. The van der Waals surface area contributed by atoms with Crippen molar-refractivity contribution >= 4 is 18.0 Å². The van der Waals surface area contributed by atoms with Crippen LogP contribution in [-0.2, 0) is 4.79 Å². The summed E-state index contributed by atoms with van der Waals surface area (Å²) in [6, 6.07) is 10.2. The summed E-state index contributed by atoms with van der Waals surface area (Å²) < 4.78 is 0. The summed E-state index contributed by atoms with van der Waals surface area (Å²) in [4.78, 5) is 11.5. The van der Waals surface area contributed by atoms with Gasteiger partial charge in [-0.1, -0.05) is 24.3 Å². The van der Waals surface area contributed by atoms with E-state index in [1.807, 2.05) is 24.3 Å². The van der Waals surface area contributed by atoms with Crippen LogP contribution in [0.4, 0.5) is 0 Å². The minimum atomic E-state index is 0.336. The lowest BCUT2D eigenvalue weighted by Gasteiger charge is -2.09. The summed E-state index contributed by atoms with van der Waals surface area (Å²) in [5.74, 6) is 0. The third kappa shape index (κ3) is 3.79. The molecule has 0 aliphatic rings.